The van der Waals surface area contributed by atoms with E-state index in [2.05, 4.69) is 81.5 Å². The first kappa shape index (κ1) is 60.9. The zero-order valence-electron chi connectivity index (χ0n) is 42.0. The Kier molecular flexibility index (Phi) is 49.9. The predicted octanol–water partition coefficient (Wildman–Crippen LogP) is 17.8. The first-order valence-corrected chi connectivity index (χ1v) is 26.9. The van der Waals surface area contributed by atoms with E-state index in [4.69, 9.17) is 14.2 Å². The number of hydrogen-bond donors (Lipinski definition) is 0. The van der Waals surface area contributed by atoms with Gasteiger partial charge in [0.05, 0.1) is 0 Å². The van der Waals surface area contributed by atoms with Crippen molar-refractivity contribution in [3.63, 3.8) is 0 Å². The molecule has 6 nitrogen and oxygen atoms in total. The van der Waals surface area contributed by atoms with Crippen LogP contribution in [0.4, 0.5) is 0 Å². The third kappa shape index (κ3) is 49.9. The molecule has 0 aromatic rings. The van der Waals surface area contributed by atoms with Crippen LogP contribution < -0.4 is 0 Å². The molecule has 368 valence electrons. The molecule has 0 aliphatic rings. The number of unbranched alkanes of at least 4 members (excludes halogenated alkanes) is 25. The van der Waals surface area contributed by atoms with Crippen molar-refractivity contribution in [1.82, 2.24) is 0 Å². The minimum atomic E-state index is -0.811. The molecule has 64 heavy (non-hydrogen) atoms. The first-order chi connectivity index (χ1) is 31.5. The first-order valence-electron chi connectivity index (χ1n) is 26.9. The average Bonchev–Trinajstić information content (AvgIpc) is 3.29. The van der Waals surface area contributed by atoms with E-state index in [1.807, 2.05) is 12.2 Å². The summed E-state index contributed by atoms with van der Waals surface area (Å²) in [5.41, 5.74) is 0. The molecular weight excluding hydrogens is 793 g/mol. The third-order valence-corrected chi connectivity index (χ3v) is 11.5. The maximum Gasteiger partial charge on any atom is 0.306 e. The van der Waals surface area contributed by atoms with Crippen molar-refractivity contribution in [2.24, 2.45) is 0 Å². The van der Waals surface area contributed by atoms with Gasteiger partial charge in [-0.2, -0.15) is 0 Å². The molecule has 6 heteroatoms. The second-order valence-corrected chi connectivity index (χ2v) is 17.8. The van der Waals surface area contributed by atoms with Gasteiger partial charge in [0.2, 0.25) is 0 Å². The van der Waals surface area contributed by atoms with Gasteiger partial charge in [-0.25, -0.2) is 0 Å². The summed E-state index contributed by atoms with van der Waals surface area (Å²) in [6, 6.07) is 0. The summed E-state index contributed by atoms with van der Waals surface area (Å²) in [7, 11) is 0. The number of carbonyl (C=O) groups is 3. The standard InChI is InChI=1S/C58H100O6/c1-4-7-10-13-16-19-22-24-25-26-27-28-29-30-31-32-33-35-36-39-42-45-48-51-57(60)63-54-55(53-62-56(59)50-47-44-41-38-21-18-15-12-9-6-3)64-58(61)52-49-46-43-40-37-34-23-20-17-14-11-8-5-2/h8,11,17,20,22,24,26-27,34,37,43,46,55H,4-7,9-10,12-16,18-19,21,23,25,28-33,35-36,38-42,44-45,47-54H2,1-3H3/b11-8-,20-17-,24-22-,27-26-,37-34-,46-43-. The zero-order valence-corrected chi connectivity index (χ0v) is 42.0. The normalized spacial score (nSPS) is 12.6. The van der Waals surface area contributed by atoms with Crippen LogP contribution in [-0.2, 0) is 28.6 Å². The highest BCUT2D eigenvalue weighted by Gasteiger charge is 2.19. The summed E-state index contributed by atoms with van der Waals surface area (Å²) in [6.07, 6.45) is 66.3. The Morgan fingerprint density at radius 1 is 0.328 bits per heavy atom. The number of rotatable bonds is 48. The van der Waals surface area contributed by atoms with Gasteiger partial charge in [0.1, 0.15) is 13.2 Å². The number of esters is 3. The van der Waals surface area contributed by atoms with Gasteiger partial charge in [-0.1, -0.05) is 235 Å². The SMILES string of the molecule is CC/C=C\C/C=C\C/C=C\C/C=C\CCC(=O)OC(COC(=O)CCCCCCCCCCCC)COC(=O)CCCCCCCCCCCCC/C=C\C/C=C\CCCCCCC. The molecular formula is C58H100O6. The van der Waals surface area contributed by atoms with Crippen molar-refractivity contribution >= 4 is 17.9 Å². The van der Waals surface area contributed by atoms with E-state index in [-0.39, 0.29) is 37.5 Å². The molecule has 0 amide bonds. The summed E-state index contributed by atoms with van der Waals surface area (Å²) < 4.78 is 16.7. The summed E-state index contributed by atoms with van der Waals surface area (Å²) in [6.45, 7) is 6.44. The van der Waals surface area contributed by atoms with Crippen molar-refractivity contribution in [3.8, 4) is 0 Å². The Morgan fingerprint density at radius 3 is 1.02 bits per heavy atom. The highest BCUT2D eigenvalue weighted by Crippen LogP contribution is 2.15. The van der Waals surface area contributed by atoms with Crippen LogP contribution in [0.5, 0.6) is 0 Å². The molecule has 0 bridgehead atoms. The average molecular weight is 893 g/mol. The lowest BCUT2D eigenvalue weighted by Crippen LogP contribution is -2.30. The Balaban J connectivity index is 4.30. The van der Waals surface area contributed by atoms with Crippen LogP contribution in [0.1, 0.15) is 258 Å². The van der Waals surface area contributed by atoms with E-state index in [1.165, 1.54) is 141 Å². The molecule has 0 aromatic heterocycles. The van der Waals surface area contributed by atoms with Gasteiger partial charge in [-0.3, -0.25) is 14.4 Å². The molecule has 0 fully saturated rings. The van der Waals surface area contributed by atoms with Crippen LogP contribution in [-0.4, -0.2) is 37.2 Å². The quantitative estimate of drug-likeness (QED) is 0.0262. The van der Waals surface area contributed by atoms with Crippen molar-refractivity contribution in [2.75, 3.05) is 13.2 Å². The monoisotopic (exact) mass is 893 g/mol. The van der Waals surface area contributed by atoms with Gasteiger partial charge >= 0.3 is 17.9 Å². The Bertz CT molecular complexity index is 1210. The molecule has 1 unspecified atom stereocenters. The van der Waals surface area contributed by atoms with E-state index in [1.54, 1.807) is 0 Å². The van der Waals surface area contributed by atoms with Crippen LogP contribution >= 0.6 is 0 Å². The Hall–Kier alpha value is -3.15. The highest BCUT2D eigenvalue weighted by atomic mass is 16.6. The number of hydrogen-bond acceptors (Lipinski definition) is 6. The van der Waals surface area contributed by atoms with Gasteiger partial charge in [0.15, 0.2) is 6.10 Å². The number of ether oxygens (including phenoxy) is 3. The Labute approximate surface area is 395 Å². The lowest BCUT2D eigenvalue weighted by atomic mass is 10.0. The lowest BCUT2D eigenvalue weighted by molar-refractivity contribution is -0.166. The van der Waals surface area contributed by atoms with Crippen molar-refractivity contribution in [3.05, 3.63) is 72.9 Å². The predicted molar refractivity (Wildman–Crippen MR) is 274 cm³/mol. The lowest BCUT2D eigenvalue weighted by Gasteiger charge is -2.18. The van der Waals surface area contributed by atoms with Crippen molar-refractivity contribution in [1.29, 1.82) is 0 Å². The van der Waals surface area contributed by atoms with Gasteiger partial charge < -0.3 is 14.2 Å². The van der Waals surface area contributed by atoms with Gasteiger partial charge in [0.25, 0.3) is 0 Å². The summed E-state index contributed by atoms with van der Waals surface area (Å²) in [5.74, 6) is -0.986. The summed E-state index contributed by atoms with van der Waals surface area (Å²) in [4.78, 5) is 37.9. The molecule has 0 aliphatic heterocycles. The maximum atomic E-state index is 12.7. The van der Waals surface area contributed by atoms with Crippen LogP contribution in [0, 0.1) is 0 Å². The van der Waals surface area contributed by atoms with E-state index in [9.17, 15) is 14.4 Å². The molecule has 0 rings (SSSR count). The van der Waals surface area contributed by atoms with Crippen LogP contribution in [0.25, 0.3) is 0 Å². The van der Waals surface area contributed by atoms with Crippen molar-refractivity contribution < 1.29 is 28.6 Å². The van der Waals surface area contributed by atoms with Gasteiger partial charge in [-0.05, 0) is 77.0 Å². The molecule has 0 aliphatic carbocycles. The van der Waals surface area contributed by atoms with E-state index in [0.717, 1.165) is 70.6 Å². The smallest absolute Gasteiger partial charge is 0.306 e. The fourth-order valence-electron chi connectivity index (χ4n) is 7.43. The van der Waals surface area contributed by atoms with Crippen LogP contribution in [0.2, 0.25) is 0 Å². The molecule has 1 atom stereocenters. The summed E-state index contributed by atoms with van der Waals surface area (Å²) in [5, 5.41) is 0. The van der Waals surface area contributed by atoms with Gasteiger partial charge in [0, 0.05) is 19.3 Å². The molecule has 0 saturated heterocycles. The summed E-state index contributed by atoms with van der Waals surface area (Å²) >= 11 is 0. The zero-order chi connectivity index (χ0) is 46.5. The maximum absolute atomic E-state index is 12.7. The minimum Gasteiger partial charge on any atom is -0.462 e. The van der Waals surface area contributed by atoms with E-state index < -0.39 is 6.10 Å². The second kappa shape index (κ2) is 52.5. The van der Waals surface area contributed by atoms with Crippen molar-refractivity contribution in [2.45, 2.75) is 264 Å². The van der Waals surface area contributed by atoms with E-state index >= 15 is 0 Å². The van der Waals surface area contributed by atoms with Gasteiger partial charge in [-0.15, -0.1) is 0 Å². The fraction of sp³-hybridized carbons (Fsp3) is 0.741. The molecule has 0 spiro atoms. The minimum absolute atomic E-state index is 0.103. The molecule has 0 heterocycles. The fourth-order valence-corrected chi connectivity index (χ4v) is 7.43. The van der Waals surface area contributed by atoms with Crippen LogP contribution in [0.3, 0.4) is 0 Å². The number of carbonyl (C=O) groups excluding carboxylic acids is 3. The molecule has 0 radical (unpaired) electrons. The molecule has 0 saturated carbocycles. The number of allylic oxidation sites excluding steroid dienone is 12. The molecule has 0 N–H and O–H groups in total. The third-order valence-electron chi connectivity index (χ3n) is 11.5. The second-order valence-electron chi connectivity index (χ2n) is 17.8. The van der Waals surface area contributed by atoms with Crippen LogP contribution in [0.15, 0.2) is 72.9 Å². The largest absolute Gasteiger partial charge is 0.462 e. The Morgan fingerprint density at radius 2 is 0.641 bits per heavy atom. The van der Waals surface area contributed by atoms with E-state index in [0.29, 0.717) is 19.3 Å². The highest BCUT2D eigenvalue weighted by molar-refractivity contribution is 5.71. The molecule has 0 aromatic carbocycles. The topological polar surface area (TPSA) is 78.9 Å².